The fraction of sp³-hybridized carbons (Fsp3) is 0.889. The van der Waals surface area contributed by atoms with Crippen molar-refractivity contribution in [2.45, 2.75) is 338 Å². The Morgan fingerprint density at radius 2 is 0.883 bits per heavy atom. The first kappa shape index (κ1) is 71.3. The highest BCUT2D eigenvalue weighted by Crippen LogP contribution is 2.30. The van der Waals surface area contributed by atoms with Gasteiger partial charge in [0, 0.05) is 6.42 Å². The molecule has 452 valence electrons. The smallest absolute Gasteiger partial charge is 0.220 e. The molecule has 9 N–H and O–H groups in total. The van der Waals surface area contributed by atoms with E-state index in [0.717, 1.165) is 70.6 Å². The van der Waals surface area contributed by atoms with Crippen LogP contribution in [0.1, 0.15) is 264 Å². The third-order valence-electron chi connectivity index (χ3n) is 15.6. The molecule has 77 heavy (non-hydrogen) atoms. The van der Waals surface area contributed by atoms with Gasteiger partial charge in [-0.2, -0.15) is 0 Å². The molecule has 0 spiro atoms. The molecule has 1 amide bonds. The van der Waals surface area contributed by atoms with E-state index in [4.69, 9.17) is 18.9 Å². The van der Waals surface area contributed by atoms with Crippen molar-refractivity contribution in [1.82, 2.24) is 5.32 Å². The SMILES string of the molecule is CCC/C=C\C/C=C\CCCCCCCC(=O)NC(COC1OC(CO)C(OC2OC(CO)C(O)C(O)C2O)C(O)C1O)C(O)/C=C/CCCCCCCCCCCCCCCCCCCCCCCCCCCCCC. The Morgan fingerprint density at radius 1 is 0.468 bits per heavy atom. The Morgan fingerprint density at radius 3 is 1.35 bits per heavy atom. The van der Waals surface area contributed by atoms with E-state index in [1.165, 1.54) is 167 Å². The molecule has 0 aromatic heterocycles. The van der Waals surface area contributed by atoms with Gasteiger partial charge in [-0.1, -0.05) is 249 Å². The van der Waals surface area contributed by atoms with Gasteiger partial charge in [-0.25, -0.2) is 0 Å². The molecule has 12 unspecified atom stereocenters. The third-order valence-corrected chi connectivity index (χ3v) is 15.6. The van der Waals surface area contributed by atoms with Crippen LogP contribution in [0, 0.1) is 0 Å². The van der Waals surface area contributed by atoms with Crippen LogP contribution in [-0.4, -0.2) is 140 Å². The molecule has 0 aromatic carbocycles. The van der Waals surface area contributed by atoms with E-state index >= 15 is 0 Å². The number of rotatable bonds is 51. The zero-order valence-corrected chi connectivity index (χ0v) is 48.7. The number of ether oxygens (including phenoxy) is 4. The van der Waals surface area contributed by atoms with Crippen LogP contribution in [0.2, 0.25) is 0 Å². The minimum Gasteiger partial charge on any atom is -0.394 e. The van der Waals surface area contributed by atoms with E-state index in [9.17, 15) is 45.6 Å². The number of amides is 1. The molecule has 2 rings (SSSR count). The standard InChI is InChI=1S/C63H117NO13/c1-3-5-7-9-11-13-15-17-18-19-20-21-22-23-24-25-26-27-28-29-30-31-32-33-35-36-38-40-42-44-46-52(67)51(64-55(68)47-45-43-41-39-37-34-16-14-12-10-8-6-4-2)50-74-62-60(73)58(71)61(54(49-66)76-62)77-63-59(72)57(70)56(69)53(48-65)75-63/h8,10,14,16,44,46,51-54,56-63,65-67,69-73H,3-7,9,11-13,15,17-43,45,47-50H2,1-2H3,(H,64,68)/b10-8-,16-14-,46-44+. The number of unbranched alkanes of at least 4 members (excludes halogenated alkanes) is 34. The van der Waals surface area contributed by atoms with Crippen LogP contribution >= 0.6 is 0 Å². The van der Waals surface area contributed by atoms with E-state index in [2.05, 4.69) is 43.5 Å². The molecule has 2 aliphatic heterocycles. The number of hydrogen-bond donors (Lipinski definition) is 9. The number of carbonyl (C=O) groups is 1. The second-order valence-electron chi connectivity index (χ2n) is 22.5. The number of aliphatic hydroxyl groups is 8. The zero-order valence-electron chi connectivity index (χ0n) is 48.7. The monoisotopic (exact) mass is 1100 g/mol. The van der Waals surface area contributed by atoms with Gasteiger partial charge in [0.05, 0.1) is 32.0 Å². The molecule has 2 aliphatic rings. The predicted octanol–water partition coefficient (Wildman–Crippen LogP) is 11.4. The van der Waals surface area contributed by atoms with Crippen molar-refractivity contribution in [3.05, 3.63) is 36.5 Å². The maximum absolute atomic E-state index is 13.2. The summed E-state index contributed by atoms with van der Waals surface area (Å²) in [6.07, 6.45) is 43.5. The molecule has 0 saturated carbocycles. The molecular formula is C63H117NO13. The predicted molar refractivity (Wildman–Crippen MR) is 309 cm³/mol. The lowest BCUT2D eigenvalue weighted by Gasteiger charge is -2.46. The number of nitrogens with one attached hydrogen (secondary N) is 1. The Kier molecular flexibility index (Phi) is 45.3. The topological polar surface area (TPSA) is 228 Å². The summed E-state index contributed by atoms with van der Waals surface area (Å²) in [6, 6.07) is -0.922. The second kappa shape index (κ2) is 48.9. The van der Waals surface area contributed by atoms with Crippen molar-refractivity contribution in [2.24, 2.45) is 0 Å². The lowest BCUT2D eigenvalue weighted by atomic mass is 9.97. The molecule has 14 nitrogen and oxygen atoms in total. The van der Waals surface area contributed by atoms with E-state index in [1.807, 2.05) is 6.08 Å². The minimum atomic E-state index is -1.79. The van der Waals surface area contributed by atoms with Gasteiger partial charge in [0.15, 0.2) is 12.6 Å². The van der Waals surface area contributed by atoms with Crippen LogP contribution in [0.5, 0.6) is 0 Å². The van der Waals surface area contributed by atoms with E-state index in [0.29, 0.717) is 6.42 Å². The summed E-state index contributed by atoms with van der Waals surface area (Å²) in [4.78, 5) is 13.2. The first-order valence-electron chi connectivity index (χ1n) is 31.7. The summed E-state index contributed by atoms with van der Waals surface area (Å²) in [5, 5.41) is 87.1. The highest BCUT2D eigenvalue weighted by atomic mass is 16.7. The molecule has 2 heterocycles. The average molecular weight is 1100 g/mol. The van der Waals surface area contributed by atoms with Crippen LogP contribution in [0.15, 0.2) is 36.5 Å². The number of aliphatic hydroxyl groups excluding tert-OH is 8. The quantitative estimate of drug-likeness (QED) is 0.0204. The van der Waals surface area contributed by atoms with Crippen LogP contribution in [0.4, 0.5) is 0 Å². The maximum Gasteiger partial charge on any atom is 0.220 e. The lowest BCUT2D eigenvalue weighted by molar-refractivity contribution is -0.359. The van der Waals surface area contributed by atoms with Crippen molar-refractivity contribution in [2.75, 3.05) is 19.8 Å². The Hall–Kier alpha value is -1.79. The Balaban J connectivity index is 1.67. The zero-order chi connectivity index (χ0) is 56.0. The summed E-state index contributed by atoms with van der Waals surface area (Å²) in [7, 11) is 0. The van der Waals surface area contributed by atoms with Gasteiger partial charge in [0.1, 0.15) is 48.8 Å². The first-order chi connectivity index (χ1) is 37.6. The fourth-order valence-electron chi connectivity index (χ4n) is 10.4. The molecule has 2 saturated heterocycles. The highest BCUT2D eigenvalue weighted by Gasteiger charge is 2.51. The molecule has 2 fully saturated rings. The summed E-state index contributed by atoms with van der Waals surface area (Å²) in [5.74, 6) is -0.253. The van der Waals surface area contributed by atoms with Crippen LogP contribution in [-0.2, 0) is 23.7 Å². The lowest BCUT2D eigenvalue weighted by Crippen LogP contribution is -2.65. The summed E-state index contributed by atoms with van der Waals surface area (Å²) >= 11 is 0. The van der Waals surface area contributed by atoms with Gasteiger partial charge in [0.25, 0.3) is 0 Å². The highest BCUT2D eigenvalue weighted by molar-refractivity contribution is 5.76. The van der Waals surface area contributed by atoms with Crippen LogP contribution in [0.3, 0.4) is 0 Å². The van der Waals surface area contributed by atoms with Crippen molar-refractivity contribution in [3.63, 3.8) is 0 Å². The summed E-state index contributed by atoms with van der Waals surface area (Å²) < 4.78 is 22.8. The molecule has 0 radical (unpaired) electrons. The molecule has 12 atom stereocenters. The number of allylic oxidation sites excluding steroid dienone is 5. The molecule has 0 aliphatic carbocycles. The Bertz CT molecular complexity index is 1430. The third kappa shape index (κ3) is 34.3. The molecule has 0 aromatic rings. The van der Waals surface area contributed by atoms with Crippen molar-refractivity contribution >= 4 is 5.91 Å². The molecule has 14 heteroatoms. The maximum atomic E-state index is 13.2. The van der Waals surface area contributed by atoms with Gasteiger partial charge < -0.3 is 65.1 Å². The summed E-state index contributed by atoms with van der Waals surface area (Å²) in [5.41, 5.74) is 0. The number of hydrogen-bond acceptors (Lipinski definition) is 13. The van der Waals surface area contributed by atoms with E-state index in [-0.39, 0.29) is 18.9 Å². The van der Waals surface area contributed by atoms with E-state index in [1.54, 1.807) is 6.08 Å². The van der Waals surface area contributed by atoms with Gasteiger partial charge in [-0.3, -0.25) is 4.79 Å². The molecular weight excluding hydrogens is 979 g/mol. The molecule has 0 bridgehead atoms. The van der Waals surface area contributed by atoms with Crippen LogP contribution < -0.4 is 5.32 Å². The largest absolute Gasteiger partial charge is 0.394 e. The van der Waals surface area contributed by atoms with Crippen LogP contribution in [0.25, 0.3) is 0 Å². The van der Waals surface area contributed by atoms with E-state index < -0.39 is 86.8 Å². The normalized spacial score (nSPS) is 24.9. The average Bonchev–Trinajstić information content (AvgIpc) is 3.44. The number of carbonyl (C=O) groups excluding carboxylic acids is 1. The van der Waals surface area contributed by atoms with Gasteiger partial charge >= 0.3 is 0 Å². The van der Waals surface area contributed by atoms with Gasteiger partial charge in [-0.15, -0.1) is 0 Å². The van der Waals surface area contributed by atoms with Gasteiger partial charge in [0.2, 0.25) is 5.91 Å². The van der Waals surface area contributed by atoms with Gasteiger partial charge in [-0.05, 0) is 44.9 Å². The first-order valence-corrected chi connectivity index (χ1v) is 31.7. The van der Waals surface area contributed by atoms with Crippen molar-refractivity contribution < 1.29 is 64.6 Å². The Labute approximate surface area is 468 Å². The van der Waals surface area contributed by atoms with Crippen molar-refractivity contribution in [1.29, 1.82) is 0 Å². The minimum absolute atomic E-state index is 0.253. The fourth-order valence-corrected chi connectivity index (χ4v) is 10.4. The summed E-state index contributed by atoms with van der Waals surface area (Å²) in [6.45, 7) is 2.74. The second-order valence-corrected chi connectivity index (χ2v) is 22.5. The van der Waals surface area contributed by atoms with Crippen molar-refractivity contribution in [3.8, 4) is 0 Å².